The fraction of sp³-hybridized carbons (Fsp3) is 0.372. The number of benzene rings is 3. The van der Waals surface area contributed by atoms with E-state index in [0.717, 1.165) is 54.1 Å². The molecule has 4 heterocycles. The Hall–Kier alpha value is -5.33. The summed E-state index contributed by atoms with van der Waals surface area (Å²) in [5.74, 6) is 1.12. The summed E-state index contributed by atoms with van der Waals surface area (Å²) >= 11 is 0. The Balaban J connectivity index is 1.16. The molecule has 1 atom stereocenters. The topological polar surface area (TPSA) is 144 Å². The molecule has 0 aliphatic carbocycles. The van der Waals surface area contributed by atoms with E-state index in [2.05, 4.69) is 117 Å². The molecule has 1 saturated heterocycles. The van der Waals surface area contributed by atoms with Crippen molar-refractivity contribution in [3.05, 3.63) is 108 Å². The summed E-state index contributed by atoms with van der Waals surface area (Å²) < 4.78 is 9.22. The van der Waals surface area contributed by atoms with Gasteiger partial charge in [0.1, 0.15) is 11.0 Å². The van der Waals surface area contributed by atoms with Gasteiger partial charge < -0.3 is 25.5 Å². The molecule has 1 aliphatic rings. The lowest BCUT2D eigenvalue weighted by atomic mass is 9.86. The van der Waals surface area contributed by atoms with Crippen LogP contribution in [0.1, 0.15) is 76.8 Å². The van der Waals surface area contributed by atoms with E-state index in [-0.39, 0.29) is 22.9 Å². The highest BCUT2D eigenvalue weighted by Crippen LogP contribution is 2.38. The highest BCUT2D eigenvalue weighted by Gasteiger charge is 2.50. The lowest BCUT2D eigenvalue weighted by Crippen LogP contribution is -2.66. The summed E-state index contributed by atoms with van der Waals surface area (Å²) in [6.45, 7) is 11.2. The second kappa shape index (κ2) is 16.2. The maximum atomic E-state index is 11.5. The Morgan fingerprint density at radius 1 is 0.964 bits per heavy atom. The fourth-order valence-electron chi connectivity index (χ4n) is 8.46. The van der Waals surface area contributed by atoms with Gasteiger partial charge in [-0.05, 0) is 64.2 Å². The van der Waals surface area contributed by atoms with Gasteiger partial charge in [-0.2, -0.15) is 10.1 Å². The number of nitrogens with two attached hydrogens (primary N) is 1. The van der Waals surface area contributed by atoms with Crippen molar-refractivity contribution in [2.24, 2.45) is 0 Å². The molecule has 3 aromatic heterocycles. The molecule has 11 nitrogen and oxygen atoms in total. The fourth-order valence-corrected chi connectivity index (χ4v) is 13.0. The standard InChI is InChI=1S/C43H52N8O3Si/c1-5-13-32(23-27-54-55(43(2,3)4,33-14-8-6-9-15-33)34-16-10-7-11-17-34)47-40-39-37(48-41(44)49-40)28-46-51(39)29-31-19-20-35(36-18-12-24-45-38(31)36)30-21-25-50(26-22-30)42(52)53/h6-12,14-20,24,28,30,32H,5,13,21-23,25-27,29H2,1-4H3,(H,52,53)(H3,44,47,48,49). The number of aromatic nitrogens is 5. The summed E-state index contributed by atoms with van der Waals surface area (Å²) in [5, 5.41) is 21.5. The van der Waals surface area contributed by atoms with Gasteiger partial charge in [-0.3, -0.25) is 9.67 Å². The van der Waals surface area contributed by atoms with Gasteiger partial charge in [-0.15, -0.1) is 0 Å². The number of pyridine rings is 1. The number of carboxylic acid groups (broad SMARTS) is 1. The number of anilines is 2. The second-order valence-electron chi connectivity index (χ2n) is 15.7. The Kier molecular flexibility index (Phi) is 11.2. The number of amides is 1. The Morgan fingerprint density at radius 3 is 2.29 bits per heavy atom. The lowest BCUT2D eigenvalue weighted by molar-refractivity contribution is 0.132. The van der Waals surface area contributed by atoms with E-state index in [1.165, 1.54) is 20.8 Å². The number of piperidine rings is 1. The maximum absolute atomic E-state index is 11.5. The molecule has 0 spiro atoms. The number of carbonyl (C=O) groups is 1. The number of nitrogens with zero attached hydrogens (tertiary/aromatic N) is 6. The summed E-state index contributed by atoms with van der Waals surface area (Å²) in [4.78, 5) is 27.2. The van der Waals surface area contributed by atoms with Crippen molar-refractivity contribution in [2.45, 2.75) is 83.3 Å². The molecule has 4 N–H and O–H groups in total. The van der Waals surface area contributed by atoms with Crippen LogP contribution in [0.25, 0.3) is 21.9 Å². The zero-order valence-corrected chi connectivity index (χ0v) is 33.3. The average Bonchev–Trinajstić information content (AvgIpc) is 3.59. The highest BCUT2D eigenvalue weighted by molar-refractivity contribution is 6.99. The van der Waals surface area contributed by atoms with E-state index in [4.69, 9.17) is 25.2 Å². The molecule has 1 fully saturated rings. The van der Waals surface area contributed by atoms with Gasteiger partial charge in [0, 0.05) is 37.3 Å². The third-order valence-electron chi connectivity index (χ3n) is 11.1. The van der Waals surface area contributed by atoms with E-state index in [9.17, 15) is 9.90 Å². The van der Waals surface area contributed by atoms with Crippen LogP contribution in [0, 0.1) is 0 Å². The summed E-state index contributed by atoms with van der Waals surface area (Å²) in [6.07, 6.45) is 6.98. The van der Waals surface area contributed by atoms with E-state index in [0.29, 0.717) is 37.6 Å². The molecule has 3 aromatic carbocycles. The van der Waals surface area contributed by atoms with Gasteiger partial charge in [-0.1, -0.05) is 113 Å². The minimum absolute atomic E-state index is 0.0680. The molecule has 1 unspecified atom stereocenters. The van der Waals surface area contributed by atoms with E-state index in [1.54, 1.807) is 6.20 Å². The average molecular weight is 757 g/mol. The van der Waals surface area contributed by atoms with Gasteiger partial charge in [-0.25, -0.2) is 9.78 Å². The second-order valence-corrected chi connectivity index (χ2v) is 20.0. The molecule has 12 heteroatoms. The van der Waals surface area contributed by atoms with Crippen molar-refractivity contribution in [2.75, 3.05) is 30.7 Å². The molecule has 6 aromatic rings. The molecule has 1 aliphatic heterocycles. The summed E-state index contributed by atoms with van der Waals surface area (Å²) in [6, 6.07) is 30.0. The number of fused-ring (bicyclic) bond motifs is 2. The molecule has 0 saturated carbocycles. The van der Waals surface area contributed by atoms with Gasteiger partial charge in [0.25, 0.3) is 8.32 Å². The molecule has 1 amide bonds. The summed E-state index contributed by atoms with van der Waals surface area (Å²) in [7, 11) is -2.69. The van der Waals surface area contributed by atoms with Gasteiger partial charge >= 0.3 is 6.09 Å². The Bertz CT molecular complexity index is 2190. The number of likely N-dealkylation sites (tertiary alicyclic amines) is 1. The number of hydrogen-bond acceptors (Lipinski definition) is 8. The predicted molar refractivity (Wildman–Crippen MR) is 223 cm³/mol. The summed E-state index contributed by atoms with van der Waals surface area (Å²) in [5.41, 5.74) is 10.9. The van der Waals surface area contributed by atoms with Crippen LogP contribution >= 0.6 is 0 Å². The maximum Gasteiger partial charge on any atom is 0.407 e. The van der Waals surface area contributed by atoms with E-state index < -0.39 is 14.4 Å². The van der Waals surface area contributed by atoms with Crippen LogP contribution in [-0.4, -0.2) is 74.9 Å². The van der Waals surface area contributed by atoms with Crippen molar-refractivity contribution in [3.63, 3.8) is 0 Å². The van der Waals surface area contributed by atoms with Gasteiger partial charge in [0.05, 0.1) is 18.3 Å². The number of hydrogen-bond donors (Lipinski definition) is 3. The highest BCUT2D eigenvalue weighted by atomic mass is 28.4. The predicted octanol–water partition coefficient (Wildman–Crippen LogP) is 7.41. The van der Waals surface area contributed by atoms with Crippen LogP contribution in [0.3, 0.4) is 0 Å². The molecule has 7 rings (SSSR count). The zero-order valence-electron chi connectivity index (χ0n) is 32.3. The molecule has 0 radical (unpaired) electrons. The van der Waals surface area contributed by atoms with E-state index >= 15 is 0 Å². The van der Waals surface area contributed by atoms with Gasteiger partial charge in [0.2, 0.25) is 5.95 Å². The first-order chi connectivity index (χ1) is 26.6. The molecular formula is C43H52N8O3Si. The first-order valence-corrected chi connectivity index (χ1v) is 21.3. The SMILES string of the molecule is CCCC(CCO[Si](c1ccccc1)(c1ccccc1)C(C)(C)C)Nc1nc(N)nc2cnn(Cc3ccc(C4CCN(C(=O)O)CC4)c4cccnc34)c12. The first kappa shape index (κ1) is 38.0. The van der Waals surface area contributed by atoms with Crippen molar-refractivity contribution in [3.8, 4) is 0 Å². The van der Waals surface area contributed by atoms with Crippen molar-refractivity contribution >= 4 is 58.5 Å². The number of nitrogens with one attached hydrogen (secondary N) is 1. The van der Waals surface area contributed by atoms with Crippen LogP contribution in [0.2, 0.25) is 5.04 Å². The molecular weight excluding hydrogens is 705 g/mol. The third kappa shape index (κ3) is 7.79. The van der Waals surface area contributed by atoms with Crippen LogP contribution in [0.5, 0.6) is 0 Å². The number of nitrogen functional groups attached to an aromatic ring is 1. The van der Waals surface area contributed by atoms with Crippen molar-refractivity contribution in [1.29, 1.82) is 0 Å². The van der Waals surface area contributed by atoms with Crippen LogP contribution in [-0.2, 0) is 11.0 Å². The monoisotopic (exact) mass is 756 g/mol. The number of rotatable bonds is 13. The first-order valence-electron chi connectivity index (χ1n) is 19.4. The Labute approximate surface area is 324 Å². The van der Waals surface area contributed by atoms with Crippen molar-refractivity contribution < 1.29 is 14.3 Å². The molecule has 55 heavy (non-hydrogen) atoms. The molecule has 0 bridgehead atoms. The third-order valence-corrected chi connectivity index (χ3v) is 16.1. The minimum Gasteiger partial charge on any atom is -0.465 e. The van der Waals surface area contributed by atoms with Gasteiger partial charge in [0.15, 0.2) is 5.82 Å². The van der Waals surface area contributed by atoms with E-state index in [1.807, 2.05) is 16.9 Å². The minimum atomic E-state index is -2.69. The quantitative estimate of drug-likeness (QED) is 0.103. The lowest BCUT2D eigenvalue weighted by Gasteiger charge is -2.43. The normalized spacial score (nSPS) is 14.7. The van der Waals surface area contributed by atoms with Crippen LogP contribution < -0.4 is 21.4 Å². The van der Waals surface area contributed by atoms with Crippen molar-refractivity contribution in [1.82, 2.24) is 29.6 Å². The molecule has 286 valence electrons. The Morgan fingerprint density at radius 2 is 1.65 bits per heavy atom. The largest absolute Gasteiger partial charge is 0.465 e. The zero-order chi connectivity index (χ0) is 38.6. The smallest absolute Gasteiger partial charge is 0.407 e. The van der Waals surface area contributed by atoms with Crippen LogP contribution in [0.4, 0.5) is 16.6 Å². The van der Waals surface area contributed by atoms with Crippen LogP contribution in [0.15, 0.2) is 97.3 Å².